The Hall–Kier alpha value is -4.72. The van der Waals surface area contributed by atoms with Gasteiger partial charge in [-0.2, -0.15) is 0 Å². The molecule has 0 bridgehead atoms. The van der Waals surface area contributed by atoms with Gasteiger partial charge >= 0.3 is 0 Å². The van der Waals surface area contributed by atoms with Gasteiger partial charge in [0.1, 0.15) is 22.7 Å². The smallest absolute Gasteiger partial charge is 0.152 e. The summed E-state index contributed by atoms with van der Waals surface area (Å²) in [5.74, 6) is 10.1. The zero-order valence-corrected chi connectivity index (χ0v) is 30.2. The SMILES string of the molecule is CCCCc1nc2c(N)nc3ccccc3c2n1CC#CCN1CCOC(c2ccc3c(c2)nc(N)c2nc(CCCC)n(CC4(C)CC4)c23)C1. The van der Waals surface area contributed by atoms with E-state index in [4.69, 9.17) is 31.2 Å². The number of nitrogen functional groups attached to an aromatic ring is 2. The molecule has 10 heteroatoms. The van der Waals surface area contributed by atoms with Gasteiger partial charge in [-0.1, -0.05) is 75.8 Å². The van der Waals surface area contributed by atoms with E-state index < -0.39 is 0 Å². The number of imidazole rings is 2. The molecule has 0 radical (unpaired) electrons. The van der Waals surface area contributed by atoms with E-state index in [1.165, 1.54) is 12.8 Å². The minimum atomic E-state index is -0.0702. The summed E-state index contributed by atoms with van der Waals surface area (Å²) >= 11 is 0. The van der Waals surface area contributed by atoms with Crippen LogP contribution in [-0.4, -0.2) is 60.2 Å². The molecule has 2 aliphatic rings. The Balaban J connectivity index is 1.03. The van der Waals surface area contributed by atoms with Crippen LogP contribution in [0.4, 0.5) is 11.6 Å². The Morgan fingerprint density at radius 2 is 1.45 bits per heavy atom. The summed E-state index contributed by atoms with van der Waals surface area (Å²) < 4.78 is 11.0. The fourth-order valence-electron chi connectivity index (χ4n) is 7.58. The van der Waals surface area contributed by atoms with Crippen molar-refractivity contribution in [2.75, 3.05) is 37.7 Å². The van der Waals surface area contributed by atoms with E-state index in [9.17, 15) is 0 Å². The zero-order valence-electron chi connectivity index (χ0n) is 30.2. The van der Waals surface area contributed by atoms with Crippen molar-refractivity contribution >= 4 is 55.5 Å². The predicted octanol–water partition coefficient (Wildman–Crippen LogP) is 7.21. The first-order valence-corrected chi connectivity index (χ1v) is 18.8. The first-order valence-electron chi connectivity index (χ1n) is 18.8. The predicted molar refractivity (Wildman–Crippen MR) is 206 cm³/mol. The largest absolute Gasteiger partial charge is 0.382 e. The third-order valence-corrected chi connectivity index (χ3v) is 10.8. The van der Waals surface area contributed by atoms with Crippen LogP contribution in [0, 0.1) is 17.3 Å². The van der Waals surface area contributed by atoms with Gasteiger partial charge in [-0.25, -0.2) is 19.9 Å². The Morgan fingerprint density at radius 3 is 2.18 bits per heavy atom. The van der Waals surface area contributed by atoms with Gasteiger partial charge in [-0.3, -0.25) is 4.90 Å². The molecule has 1 unspecified atom stereocenters. The number of benzene rings is 2. The molecule has 1 saturated carbocycles. The highest BCUT2D eigenvalue weighted by Crippen LogP contribution is 2.47. The van der Waals surface area contributed by atoms with E-state index in [2.05, 4.69) is 75.9 Å². The summed E-state index contributed by atoms with van der Waals surface area (Å²) in [7, 11) is 0. The molecule has 1 aliphatic carbocycles. The van der Waals surface area contributed by atoms with Gasteiger partial charge in [0.05, 0.1) is 47.9 Å². The van der Waals surface area contributed by atoms with E-state index in [0.717, 1.165) is 119 Å². The highest BCUT2D eigenvalue weighted by molar-refractivity contribution is 6.07. The molecule has 2 aromatic carbocycles. The third-order valence-electron chi connectivity index (χ3n) is 10.8. The van der Waals surface area contributed by atoms with Crippen molar-refractivity contribution in [2.24, 2.45) is 5.41 Å². The first-order chi connectivity index (χ1) is 24.9. The topological polar surface area (TPSA) is 126 Å². The Morgan fingerprint density at radius 1 is 0.804 bits per heavy atom. The minimum absolute atomic E-state index is 0.0702. The summed E-state index contributed by atoms with van der Waals surface area (Å²) in [5, 5.41) is 2.16. The maximum absolute atomic E-state index is 6.61. The van der Waals surface area contributed by atoms with Gasteiger partial charge in [-0.05, 0) is 48.8 Å². The second kappa shape index (κ2) is 13.8. The van der Waals surface area contributed by atoms with Crippen molar-refractivity contribution in [3.05, 3.63) is 59.7 Å². The quantitative estimate of drug-likeness (QED) is 0.137. The summed E-state index contributed by atoms with van der Waals surface area (Å²) in [6, 6.07) is 14.7. The summed E-state index contributed by atoms with van der Waals surface area (Å²) in [6.45, 7) is 11.3. The van der Waals surface area contributed by atoms with Crippen molar-refractivity contribution in [1.29, 1.82) is 0 Å². The van der Waals surface area contributed by atoms with Crippen LogP contribution in [0.2, 0.25) is 0 Å². The van der Waals surface area contributed by atoms with Gasteiger partial charge in [0.15, 0.2) is 11.6 Å². The Kier molecular flexibility index (Phi) is 9.03. The van der Waals surface area contributed by atoms with Crippen LogP contribution in [0.1, 0.15) is 82.6 Å². The molecule has 6 aromatic rings. The van der Waals surface area contributed by atoms with Crippen LogP contribution < -0.4 is 11.5 Å². The van der Waals surface area contributed by atoms with E-state index in [1.54, 1.807) is 0 Å². The number of rotatable bonds is 11. The van der Waals surface area contributed by atoms with E-state index >= 15 is 0 Å². The summed E-state index contributed by atoms with van der Waals surface area (Å²) in [6.07, 6.45) is 8.68. The monoisotopic (exact) mass is 683 g/mol. The molecule has 10 nitrogen and oxygen atoms in total. The highest BCUT2D eigenvalue weighted by Gasteiger charge is 2.38. The molecular formula is C41H49N9O. The molecule has 264 valence electrons. The number of nitrogens with two attached hydrogens (primary N) is 2. The van der Waals surface area contributed by atoms with Crippen LogP contribution >= 0.6 is 0 Å². The summed E-state index contributed by atoms with van der Waals surface area (Å²) in [5.41, 5.74) is 20.0. The normalized spacial score (nSPS) is 17.4. The Bertz CT molecular complexity index is 2310. The highest BCUT2D eigenvalue weighted by atomic mass is 16.5. The number of hydrogen-bond donors (Lipinski definition) is 2. The van der Waals surface area contributed by atoms with E-state index in [0.29, 0.717) is 36.7 Å². The van der Waals surface area contributed by atoms with E-state index in [1.807, 2.05) is 18.2 Å². The van der Waals surface area contributed by atoms with Crippen molar-refractivity contribution < 1.29 is 4.74 Å². The molecule has 1 aliphatic heterocycles. The van der Waals surface area contributed by atoms with Crippen LogP contribution in [0.3, 0.4) is 0 Å². The molecule has 4 N–H and O–H groups in total. The third kappa shape index (κ3) is 6.49. The molecule has 5 heterocycles. The lowest BCUT2D eigenvalue weighted by atomic mass is 10.0. The van der Waals surface area contributed by atoms with Crippen molar-refractivity contribution in [2.45, 2.75) is 91.3 Å². The molecular weight excluding hydrogens is 635 g/mol. The molecule has 2 fully saturated rings. The molecule has 0 spiro atoms. The number of aryl methyl sites for hydroxylation is 2. The van der Waals surface area contributed by atoms with Gasteiger partial charge < -0.3 is 25.3 Å². The zero-order chi connectivity index (χ0) is 35.1. The maximum Gasteiger partial charge on any atom is 0.152 e. The molecule has 8 rings (SSSR count). The van der Waals surface area contributed by atoms with Crippen molar-refractivity contribution in [3.8, 4) is 11.8 Å². The Labute approximate surface area is 299 Å². The number of para-hydroxylation sites is 1. The fraction of sp³-hybridized carbons (Fsp3) is 0.463. The lowest BCUT2D eigenvalue weighted by Crippen LogP contribution is -2.38. The first kappa shape index (κ1) is 33.4. The number of fused-ring (bicyclic) bond motifs is 6. The fourth-order valence-corrected chi connectivity index (χ4v) is 7.58. The van der Waals surface area contributed by atoms with Gasteiger partial charge in [-0.15, -0.1) is 0 Å². The second-order valence-electron chi connectivity index (χ2n) is 14.9. The minimum Gasteiger partial charge on any atom is -0.382 e. The maximum atomic E-state index is 6.61. The van der Waals surface area contributed by atoms with E-state index in [-0.39, 0.29) is 6.10 Å². The van der Waals surface area contributed by atoms with Crippen LogP contribution in [-0.2, 0) is 30.7 Å². The standard InChI is InChI=1S/C41H49N9O/c1-4-6-14-33-46-35-37(28-12-8-9-13-30(28)44-39(35)42)49(33)21-11-10-20-48-22-23-51-32(25-48)27-16-17-29-31(24-27)45-40(43)36-38(29)50(26-41(3)18-19-41)34(47-36)15-7-5-2/h8-9,12-13,16-17,24,32H,4-7,14-15,18-23,25-26H2,1-3H3,(H2,42,44)(H2,43,45). The number of aromatic nitrogens is 6. The van der Waals surface area contributed by atoms with Crippen LogP contribution in [0.15, 0.2) is 42.5 Å². The molecule has 0 amide bonds. The second-order valence-corrected chi connectivity index (χ2v) is 14.9. The average molecular weight is 684 g/mol. The molecule has 4 aromatic heterocycles. The van der Waals surface area contributed by atoms with Crippen LogP contribution in [0.25, 0.3) is 43.9 Å². The number of anilines is 2. The average Bonchev–Trinajstić information content (AvgIpc) is 3.59. The summed E-state index contributed by atoms with van der Waals surface area (Å²) in [4.78, 5) is 21.9. The van der Waals surface area contributed by atoms with Gasteiger partial charge in [0.2, 0.25) is 0 Å². The number of pyridine rings is 2. The van der Waals surface area contributed by atoms with Crippen molar-refractivity contribution in [1.82, 2.24) is 34.0 Å². The number of hydrogen-bond acceptors (Lipinski definition) is 8. The number of unbranched alkanes of at least 4 members (excludes halogenated alkanes) is 2. The van der Waals surface area contributed by atoms with Crippen molar-refractivity contribution in [3.63, 3.8) is 0 Å². The van der Waals surface area contributed by atoms with Gasteiger partial charge in [0, 0.05) is 43.2 Å². The number of ether oxygens (including phenoxy) is 1. The number of morpholine rings is 1. The number of nitrogens with zero attached hydrogens (tertiary/aromatic N) is 7. The molecule has 1 atom stereocenters. The van der Waals surface area contributed by atoms with Gasteiger partial charge in [0.25, 0.3) is 0 Å². The lowest BCUT2D eigenvalue weighted by Gasteiger charge is -2.32. The molecule has 1 saturated heterocycles. The van der Waals surface area contributed by atoms with Crippen LogP contribution in [0.5, 0.6) is 0 Å². The lowest BCUT2D eigenvalue weighted by molar-refractivity contribution is -0.0253. The molecule has 51 heavy (non-hydrogen) atoms.